The zero-order chi connectivity index (χ0) is 20.5. The van der Waals surface area contributed by atoms with Gasteiger partial charge in [0.25, 0.3) is 0 Å². The summed E-state index contributed by atoms with van der Waals surface area (Å²) in [6, 6.07) is 19.6. The number of benzene rings is 2. The maximum atomic E-state index is 13.4. The monoisotopic (exact) mass is 392 g/mol. The van der Waals surface area contributed by atoms with E-state index >= 15 is 0 Å². The Kier molecular flexibility index (Phi) is 7.85. The summed E-state index contributed by atoms with van der Waals surface area (Å²) >= 11 is 0. The predicted molar refractivity (Wildman–Crippen MR) is 116 cm³/mol. The van der Waals surface area contributed by atoms with Crippen molar-refractivity contribution in [2.45, 2.75) is 70.5 Å². The minimum absolute atomic E-state index is 0.00794. The highest BCUT2D eigenvalue weighted by molar-refractivity contribution is 5.88. The smallest absolute Gasteiger partial charge is 0.243 e. The van der Waals surface area contributed by atoms with Gasteiger partial charge >= 0.3 is 0 Å². The van der Waals surface area contributed by atoms with Crippen LogP contribution in [0.3, 0.4) is 0 Å². The highest BCUT2D eigenvalue weighted by Gasteiger charge is 2.31. The van der Waals surface area contributed by atoms with E-state index < -0.39 is 6.04 Å². The minimum atomic E-state index is -0.507. The van der Waals surface area contributed by atoms with Crippen LogP contribution in [-0.2, 0) is 22.6 Å². The maximum absolute atomic E-state index is 13.4. The van der Waals surface area contributed by atoms with Crippen molar-refractivity contribution in [3.63, 3.8) is 0 Å². The topological polar surface area (TPSA) is 49.4 Å². The summed E-state index contributed by atoms with van der Waals surface area (Å²) in [6.07, 6.45) is 6.54. The number of nitrogens with zero attached hydrogens (tertiary/aromatic N) is 1. The quantitative estimate of drug-likeness (QED) is 0.720. The Hall–Kier alpha value is -2.62. The zero-order valence-corrected chi connectivity index (χ0v) is 17.3. The number of nitrogens with one attached hydrogen (secondary N) is 1. The van der Waals surface area contributed by atoms with Gasteiger partial charge in [0.1, 0.15) is 6.04 Å². The average molecular weight is 393 g/mol. The number of amides is 2. The number of carbonyl (C=O) groups is 2. The molecule has 0 aliphatic heterocycles. The van der Waals surface area contributed by atoms with Gasteiger partial charge in [0, 0.05) is 25.4 Å². The summed E-state index contributed by atoms with van der Waals surface area (Å²) in [5.74, 6) is -0.0212. The predicted octanol–water partition coefficient (Wildman–Crippen LogP) is 4.49. The lowest BCUT2D eigenvalue weighted by molar-refractivity contribution is -0.141. The molecule has 2 aromatic carbocycles. The Morgan fingerprint density at radius 1 is 0.931 bits per heavy atom. The average Bonchev–Trinajstić information content (AvgIpc) is 2.77. The van der Waals surface area contributed by atoms with E-state index in [0.717, 1.165) is 36.8 Å². The van der Waals surface area contributed by atoms with Gasteiger partial charge in [0.05, 0.1) is 0 Å². The van der Waals surface area contributed by atoms with Crippen molar-refractivity contribution in [2.24, 2.45) is 0 Å². The first-order chi connectivity index (χ1) is 14.2. The number of hydrogen-bond donors (Lipinski definition) is 1. The molecule has 1 atom stereocenters. The molecule has 1 aliphatic rings. The van der Waals surface area contributed by atoms with Gasteiger partial charge < -0.3 is 10.2 Å². The lowest BCUT2D eigenvalue weighted by Crippen LogP contribution is -2.52. The van der Waals surface area contributed by atoms with Gasteiger partial charge in [-0.3, -0.25) is 9.59 Å². The molecule has 0 heterocycles. The highest BCUT2D eigenvalue weighted by atomic mass is 16.2. The van der Waals surface area contributed by atoms with Crippen LogP contribution in [0.2, 0.25) is 0 Å². The molecule has 4 nitrogen and oxygen atoms in total. The van der Waals surface area contributed by atoms with Crippen LogP contribution in [0.4, 0.5) is 0 Å². The molecule has 2 amide bonds. The molecule has 0 unspecified atom stereocenters. The molecular weight excluding hydrogens is 360 g/mol. The van der Waals surface area contributed by atoms with E-state index in [1.807, 2.05) is 67.6 Å². The van der Waals surface area contributed by atoms with Crippen LogP contribution in [0.5, 0.6) is 0 Å². The Bertz CT molecular complexity index is 770. The summed E-state index contributed by atoms with van der Waals surface area (Å²) in [5.41, 5.74) is 2.11. The van der Waals surface area contributed by atoms with E-state index in [0.29, 0.717) is 19.4 Å². The summed E-state index contributed by atoms with van der Waals surface area (Å²) in [6.45, 7) is 2.31. The maximum Gasteiger partial charge on any atom is 0.243 e. The van der Waals surface area contributed by atoms with Crippen LogP contribution < -0.4 is 5.32 Å². The fourth-order valence-corrected chi connectivity index (χ4v) is 4.08. The van der Waals surface area contributed by atoms with Crippen LogP contribution >= 0.6 is 0 Å². The molecule has 0 saturated heterocycles. The number of rotatable bonds is 8. The van der Waals surface area contributed by atoms with Gasteiger partial charge in [-0.15, -0.1) is 0 Å². The molecule has 1 aliphatic carbocycles. The van der Waals surface area contributed by atoms with Crippen molar-refractivity contribution < 1.29 is 9.59 Å². The largest absolute Gasteiger partial charge is 0.352 e. The van der Waals surface area contributed by atoms with Gasteiger partial charge in [-0.2, -0.15) is 0 Å². The molecule has 154 valence electrons. The van der Waals surface area contributed by atoms with E-state index in [-0.39, 0.29) is 17.9 Å². The Morgan fingerprint density at radius 2 is 1.52 bits per heavy atom. The molecule has 3 rings (SSSR count). The third-order valence-electron chi connectivity index (χ3n) is 5.72. The molecule has 0 aromatic heterocycles. The van der Waals surface area contributed by atoms with E-state index in [1.54, 1.807) is 4.90 Å². The molecule has 1 fully saturated rings. The van der Waals surface area contributed by atoms with Crippen molar-refractivity contribution in [1.29, 1.82) is 0 Å². The van der Waals surface area contributed by atoms with E-state index in [1.165, 1.54) is 6.42 Å². The fourth-order valence-electron chi connectivity index (χ4n) is 4.08. The van der Waals surface area contributed by atoms with Crippen molar-refractivity contribution in [3.05, 3.63) is 71.8 Å². The molecular formula is C25H32N2O2. The van der Waals surface area contributed by atoms with Crippen molar-refractivity contribution in [1.82, 2.24) is 10.2 Å². The van der Waals surface area contributed by atoms with Gasteiger partial charge in [0.2, 0.25) is 11.8 Å². The fraction of sp³-hybridized carbons (Fsp3) is 0.440. The molecule has 0 spiro atoms. The molecule has 0 radical (unpaired) electrons. The van der Waals surface area contributed by atoms with Gasteiger partial charge in [-0.1, -0.05) is 86.8 Å². The van der Waals surface area contributed by atoms with Crippen LogP contribution in [0, 0.1) is 0 Å². The molecule has 2 aromatic rings. The SMILES string of the molecule is CCC(=O)N(Cc1ccccc1)[C@H](Cc1ccccc1)C(=O)NC1CCCCC1. The van der Waals surface area contributed by atoms with Crippen LogP contribution in [0.25, 0.3) is 0 Å². The first-order valence-electron chi connectivity index (χ1n) is 10.8. The second kappa shape index (κ2) is 10.8. The Labute approximate surface area is 174 Å². The van der Waals surface area contributed by atoms with Crippen molar-refractivity contribution in [2.75, 3.05) is 0 Å². The first-order valence-corrected chi connectivity index (χ1v) is 10.8. The van der Waals surface area contributed by atoms with Crippen LogP contribution in [0.15, 0.2) is 60.7 Å². The highest BCUT2D eigenvalue weighted by Crippen LogP contribution is 2.20. The molecule has 1 saturated carbocycles. The van der Waals surface area contributed by atoms with E-state index in [9.17, 15) is 9.59 Å². The number of hydrogen-bond acceptors (Lipinski definition) is 2. The zero-order valence-electron chi connectivity index (χ0n) is 17.3. The standard InChI is InChI=1S/C25H32N2O2/c1-2-24(28)27(19-21-14-8-4-9-15-21)23(18-20-12-6-3-7-13-20)25(29)26-22-16-10-5-11-17-22/h3-4,6-9,12-15,22-23H,2,5,10-11,16-19H2,1H3,(H,26,29)/t23-/m1/s1. The summed E-state index contributed by atoms with van der Waals surface area (Å²) in [5, 5.41) is 3.25. The molecule has 1 N–H and O–H groups in total. The van der Waals surface area contributed by atoms with Gasteiger partial charge in [-0.05, 0) is 24.0 Å². The third-order valence-corrected chi connectivity index (χ3v) is 5.72. The van der Waals surface area contributed by atoms with Gasteiger partial charge in [0.15, 0.2) is 0 Å². The lowest BCUT2D eigenvalue weighted by Gasteiger charge is -2.33. The third kappa shape index (κ3) is 6.18. The van der Waals surface area contributed by atoms with Gasteiger partial charge in [-0.25, -0.2) is 0 Å². The van der Waals surface area contributed by atoms with Crippen LogP contribution in [-0.4, -0.2) is 28.8 Å². The van der Waals surface area contributed by atoms with Crippen molar-refractivity contribution in [3.8, 4) is 0 Å². The second-order valence-corrected chi connectivity index (χ2v) is 7.91. The van der Waals surface area contributed by atoms with E-state index in [2.05, 4.69) is 5.32 Å². The van der Waals surface area contributed by atoms with Crippen LogP contribution in [0.1, 0.15) is 56.6 Å². The number of carbonyl (C=O) groups excluding carboxylic acids is 2. The Balaban J connectivity index is 1.84. The van der Waals surface area contributed by atoms with E-state index in [4.69, 9.17) is 0 Å². The summed E-state index contributed by atoms with van der Waals surface area (Å²) in [4.78, 5) is 28.0. The molecule has 29 heavy (non-hydrogen) atoms. The lowest BCUT2D eigenvalue weighted by atomic mass is 9.94. The first kappa shape index (κ1) is 21.1. The summed E-state index contributed by atoms with van der Waals surface area (Å²) < 4.78 is 0. The van der Waals surface area contributed by atoms with Crippen molar-refractivity contribution >= 4 is 11.8 Å². The normalized spacial score (nSPS) is 15.5. The second-order valence-electron chi connectivity index (χ2n) is 7.91. The Morgan fingerprint density at radius 3 is 2.10 bits per heavy atom. The minimum Gasteiger partial charge on any atom is -0.352 e. The molecule has 0 bridgehead atoms. The molecule has 4 heteroatoms. The summed E-state index contributed by atoms with van der Waals surface area (Å²) in [7, 11) is 0.